The van der Waals surface area contributed by atoms with Gasteiger partial charge in [0.2, 0.25) is 5.91 Å². The molecule has 0 spiro atoms. The highest BCUT2D eigenvalue weighted by Crippen LogP contribution is 2.19. The van der Waals surface area contributed by atoms with Crippen molar-refractivity contribution in [3.05, 3.63) is 12.3 Å². The molecule has 0 saturated carbocycles. The number of hydrogen-bond acceptors (Lipinski definition) is 2. The summed E-state index contributed by atoms with van der Waals surface area (Å²) in [5.74, 6) is 0.393. The number of nitrogens with zero attached hydrogens (tertiary/aromatic N) is 1. The molecular formula is C28H53NO2. The monoisotopic (exact) mass is 435 g/mol. The van der Waals surface area contributed by atoms with Crippen molar-refractivity contribution in [2.75, 3.05) is 13.2 Å². The van der Waals surface area contributed by atoms with Crippen molar-refractivity contribution in [3.63, 3.8) is 0 Å². The average Bonchev–Trinajstić information content (AvgIpc) is 3.59. The highest BCUT2D eigenvalue weighted by atomic mass is 16.6. The van der Waals surface area contributed by atoms with Crippen LogP contribution in [0.2, 0.25) is 0 Å². The van der Waals surface area contributed by atoms with Crippen molar-refractivity contribution in [2.45, 2.75) is 142 Å². The fraction of sp³-hybridized carbons (Fsp3) is 0.893. The first-order chi connectivity index (χ1) is 15.2. The van der Waals surface area contributed by atoms with Gasteiger partial charge in [-0.3, -0.25) is 4.79 Å². The second-order valence-electron chi connectivity index (χ2n) is 9.76. The number of allylic oxidation sites excluding steroid dienone is 1. The van der Waals surface area contributed by atoms with Crippen LogP contribution in [0.15, 0.2) is 12.3 Å². The topological polar surface area (TPSA) is 32.8 Å². The van der Waals surface area contributed by atoms with Gasteiger partial charge in [-0.25, -0.2) is 0 Å². The van der Waals surface area contributed by atoms with E-state index in [4.69, 9.17) is 4.74 Å². The van der Waals surface area contributed by atoms with Gasteiger partial charge in [0.15, 0.2) is 0 Å². The first kappa shape index (κ1) is 28.2. The Morgan fingerprint density at radius 3 is 1.81 bits per heavy atom. The SMILES string of the molecule is CCCCC=CN(CC1CO1)C(=O)C(C)CCCCCCCCCCCCCCCC. The van der Waals surface area contributed by atoms with Crippen LogP contribution in [-0.2, 0) is 9.53 Å². The Morgan fingerprint density at radius 2 is 1.32 bits per heavy atom. The van der Waals surface area contributed by atoms with E-state index in [-0.39, 0.29) is 17.9 Å². The third kappa shape index (κ3) is 16.5. The molecule has 1 aliphatic rings. The average molecular weight is 436 g/mol. The fourth-order valence-electron chi connectivity index (χ4n) is 4.19. The zero-order valence-electron chi connectivity index (χ0n) is 21.2. The summed E-state index contributed by atoms with van der Waals surface area (Å²) in [4.78, 5) is 14.8. The Hall–Kier alpha value is -0.830. The van der Waals surface area contributed by atoms with Gasteiger partial charge >= 0.3 is 0 Å². The molecule has 1 amide bonds. The Bertz CT molecular complexity index is 444. The highest BCUT2D eigenvalue weighted by Gasteiger charge is 2.28. The van der Waals surface area contributed by atoms with Crippen LogP contribution in [0.25, 0.3) is 0 Å². The Kier molecular flexibility index (Phi) is 18.0. The molecule has 182 valence electrons. The Balaban J connectivity index is 2.01. The molecule has 0 aromatic carbocycles. The van der Waals surface area contributed by atoms with Crippen molar-refractivity contribution in [3.8, 4) is 0 Å². The lowest BCUT2D eigenvalue weighted by Crippen LogP contribution is -2.33. The van der Waals surface area contributed by atoms with E-state index in [1.165, 1.54) is 103 Å². The summed E-state index contributed by atoms with van der Waals surface area (Å²) in [6, 6.07) is 0. The van der Waals surface area contributed by atoms with Gasteiger partial charge < -0.3 is 9.64 Å². The summed E-state index contributed by atoms with van der Waals surface area (Å²) in [6.45, 7) is 8.12. The van der Waals surface area contributed by atoms with Gasteiger partial charge in [-0.05, 0) is 12.8 Å². The van der Waals surface area contributed by atoms with Crippen LogP contribution in [0.1, 0.15) is 136 Å². The molecule has 0 N–H and O–H groups in total. The van der Waals surface area contributed by atoms with Crippen LogP contribution in [0.5, 0.6) is 0 Å². The van der Waals surface area contributed by atoms with Gasteiger partial charge in [-0.15, -0.1) is 0 Å². The maximum absolute atomic E-state index is 12.9. The second-order valence-corrected chi connectivity index (χ2v) is 9.76. The number of amides is 1. The van der Waals surface area contributed by atoms with Gasteiger partial charge in [-0.2, -0.15) is 0 Å². The van der Waals surface area contributed by atoms with Crippen LogP contribution >= 0.6 is 0 Å². The largest absolute Gasteiger partial charge is 0.371 e. The van der Waals surface area contributed by atoms with Crippen LogP contribution in [0.3, 0.4) is 0 Å². The molecule has 31 heavy (non-hydrogen) atoms. The molecule has 1 heterocycles. The third-order valence-electron chi connectivity index (χ3n) is 6.51. The van der Waals surface area contributed by atoms with E-state index in [0.29, 0.717) is 0 Å². The van der Waals surface area contributed by atoms with Gasteiger partial charge in [0.25, 0.3) is 0 Å². The zero-order chi connectivity index (χ0) is 22.6. The van der Waals surface area contributed by atoms with Gasteiger partial charge in [-0.1, -0.05) is 130 Å². The first-order valence-electron chi connectivity index (χ1n) is 13.8. The highest BCUT2D eigenvalue weighted by molar-refractivity contribution is 5.79. The summed E-state index contributed by atoms with van der Waals surface area (Å²) < 4.78 is 5.36. The summed E-state index contributed by atoms with van der Waals surface area (Å²) >= 11 is 0. The van der Waals surface area contributed by atoms with Crippen LogP contribution in [0, 0.1) is 5.92 Å². The predicted octanol–water partition coefficient (Wildman–Crippen LogP) is 8.43. The molecule has 1 saturated heterocycles. The minimum Gasteiger partial charge on any atom is -0.371 e. The van der Waals surface area contributed by atoms with E-state index in [1.807, 2.05) is 11.1 Å². The normalized spacial score (nSPS) is 16.7. The minimum absolute atomic E-state index is 0.118. The van der Waals surface area contributed by atoms with Crippen molar-refractivity contribution in [2.24, 2.45) is 5.92 Å². The predicted molar refractivity (Wildman–Crippen MR) is 134 cm³/mol. The number of ether oxygens (including phenoxy) is 1. The third-order valence-corrected chi connectivity index (χ3v) is 6.51. The van der Waals surface area contributed by atoms with Crippen LogP contribution in [-0.4, -0.2) is 30.1 Å². The number of unbranched alkanes of at least 4 members (excludes halogenated alkanes) is 15. The summed E-state index contributed by atoms with van der Waals surface area (Å²) in [5.41, 5.74) is 0. The molecule has 2 unspecified atom stereocenters. The number of hydrogen-bond donors (Lipinski definition) is 0. The van der Waals surface area contributed by atoms with Crippen molar-refractivity contribution in [1.82, 2.24) is 4.90 Å². The zero-order valence-corrected chi connectivity index (χ0v) is 21.2. The van der Waals surface area contributed by atoms with Crippen molar-refractivity contribution >= 4 is 5.91 Å². The molecular weight excluding hydrogens is 382 g/mol. The molecule has 1 rings (SSSR count). The smallest absolute Gasteiger partial charge is 0.229 e. The molecule has 0 radical (unpaired) electrons. The van der Waals surface area contributed by atoms with E-state index >= 15 is 0 Å². The molecule has 0 bridgehead atoms. The van der Waals surface area contributed by atoms with Gasteiger partial charge in [0.05, 0.1) is 19.3 Å². The Labute approximate surface area is 194 Å². The molecule has 3 nitrogen and oxygen atoms in total. The van der Waals surface area contributed by atoms with Crippen LogP contribution < -0.4 is 0 Å². The van der Waals surface area contributed by atoms with Gasteiger partial charge in [0, 0.05) is 12.1 Å². The number of epoxide rings is 1. The van der Waals surface area contributed by atoms with E-state index in [1.54, 1.807) is 0 Å². The van der Waals surface area contributed by atoms with Gasteiger partial charge in [0.1, 0.15) is 0 Å². The standard InChI is InChI=1S/C28H53NO2/c1-4-6-8-10-11-12-13-14-15-16-17-18-19-20-22-26(3)28(30)29(24-27-25-31-27)23-21-9-7-5-2/h21,23,26-27H,4-20,22,24-25H2,1-3H3. The maximum atomic E-state index is 12.9. The van der Waals surface area contributed by atoms with E-state index in [9.17, 15) is 4.79 Å². The molecule has 1 aliphatic heterocycles. The lowest BCUT2D eigenvalue weighted by atomic mass is 10.00. The molecule has 0 aromatic rings. The quantitative estimate of drug-likeness (QED) is 0.126. The summed E-state index contributed by atoms with van der Waals surface area (Å²) in [7, 11) is 0. The van der Waals surface area contributed by atoms with E-state index < -0.39 is 0 Å². The lowest BCUT2D eigenvalue weighted by Gasteiger charge is -2.22. The molecule has 0 aliphatic carbocycles. The van der Waals surface area contributed by atoms with Crippen molar-refractivity contribution in [1.29, 1.82) is 0 Å². The Morgan fingerprint density at radius 1 is 0.839 bits per heavy atom. The number of rotatable bonds is 22. The van der Waals surface area contributed by atoms with Crippen molar-refractivity contribution < 1.29 is 9.53 Å². The maximum Gasteiger partial charge on any atom is 0.229 e. The summed E-state index contributed by atoms with van der Waals surface area (Å²) in [5, 5.41) is 0. The molecule has 2 atom stereocenters. The second kappa shape index (κ2) is 19.8. The molecule has 3 heteroatoms. The fourth-order valence-corrected chi connectivity index (χ4v) is 4.19. The van der Waals surface area contributed by atoms with E-state index in [2.05, 4.69) is 26.8 Å². The number of carbonyl (C=O) groups excluding carboxylic acids is 1. The summed E-state index contributed by atoms with van der Waals surface area (Å²) in [6.07, 6.45) is 28.2. The van der Waals surface area contributed by atoms with E-state index in [0.717, 1.165) is 26.0 Å². The minimum atomic E-state index is 0.118. The van der Waals surface area contributed by atoms with Crippen LogP contribution in [0.4, 0.5) is 0 Å². The first-order valence-corrected chi connectivity index (χ1v) is 13.8. The molecule has 1 fully saturated rings. The number of carbonyl (C=O) groups is 1. The molecule has 0 aromatic heterocycles. The lowest BCUT2D eigenvalue weighted by molar-refractivity contribution is -0.132.